The minimum atomic E-state index is -0.667. The number of esters is 1. The molecule has 0 aliphatic heterocycles. The van der Waals surface area contributed by atoms with Crippen LogP contribution in [0.4, 0.5) is 0 Å². The van der Waals surface area contributed by atoms with Crippen LogP contribution in [0.5, 0.6) is 11.5 Å². The summed E-state index contributed by atoms with van der Waals surface area (Å²) in [5, 5.41) is 0. The van der Waals surface area contributed by atoms with Gasteiger partial charge in [-0.2, -0.15) is 0 Å². The number of fused-ring (bicyclic) bond motifs is 2. The molecule has 1 aliphatic rings. The fourth-order valence-corrected chi connectivity index (χ4v) is 3.17. The van der Waals surface area contributed by atoms with Gasteiger partial charge in [-0.05, 0) is 18.2 Å². The summed E-state index contributed by atoms with van der Waals surface area (Å²) in [6, 6.07) is 17.9. The molecule has 5 nitrogen and oxygen atoms in total. The number of rotatable bonds is 3. The Morgan fingerprint density at radius 3 is 2.04 bits per heavy atom. The lowest BCUT2D eigenvalue weighted by Crippen LogP contribution is -2.22. The number of para-hydroxylation sites is 1. The Bertz CT molecular complexity index is 1100. The number of ketones is 2. The van der Waals surface area contributed by atoms with Gasteiger partial charge in [0.15, 0.2) is 11.6 Å². The van der Waals surface area contributed by atoms with Crippen molar-refractivity contribution < 1.29 is 23.9 Å². The van der Waals surface area contributed by atoms with Gasteiger partial charge in [0.2, 0.25) is 0 Å². The zero-order valence-electron chi connectivity index (χ0n) is 14.4. The maximum Gasteiger partial charge on any atom is 0.347 e. The third-order valence-electron chi connectivity index (χ3n) is 4.44. The molecule has 0 saturated heterocycles. The van der Waals surface area contributed by atoms with Crippen LogP contribution in [0.3, 0.4) is 0 Å². The van der Waals surface area contributed by atoms with E-state index in [1.54, 1.807) is 60.7 Å². The van der Waals surface area contributed by atoms with Crippen LogP contribution < -0.4 is 9.47 Å². The predicted molar refractivity (Wildman–Crippen MR) is 97.7 cm³/mol. The fraction of sp³-hybridized carbons (Fsp3) is 0.0455. The van der Waals surface area contributed by atoms with Crippen molar-refractivity contribution in [3.05, 3.63) is 94.5 Å². The van der Waals surface area contributed by atoms with E-state index in [1.165, 1.54) is 13.2 Å². The lowest BCUT2D eigenvalue weighted by molar-refractivity contribution is 0.0728. The van der Waals surface area contributed by atoms with Crippen LogP contribution in [-0.2, 0) is 0 Å². The lowest BCUT2D eigenvalue weighted by Gasteiger charge is -2.19. The van der Waals surface area contributed by atoms with Crippen molar-refractivity contribution in [2.45, 2.75) is 0 Å². The number of ether oxygens (including phenoxy) is 2. The van der Waals surface area contributed by atoms with E-state index in [0.29, 0.717) is 16.9 Å². The molecular formula is C22H14O5. The second kappa shape index (κ2) is 6.53. The molecule has 3 aromatic carbocycles. The molecule has 0 atom stereocenters. The highest BCUT2D eigenvalue weighted by atomic mass is 16.5. The highest BCUT2D eigenvalue weighted by Gasteiger charge is 2.32. The second-order valence-electron chi connectivity index (χ2n) is 5.97. The summed E-state index contributed by atoms with van der Waals surface area (Å²) < 4.78 is 10.7. The molecule has 0 bridgehead atoms. The zero-order chi connectivity index (χ0) is 19.0. The van der Waals surface area contributed by atoms with E-state index in [4.69, 9.17) is 9.47 Å². The van der Waals surface area contributed by atoms with Crippen LogP contribution in [0.1, 0.15) is 42.2 Å². The summed E-state index contributed by atoms with van der Waals surface area (Å²) in [7, 11) is 1.45. The third-order valence-corrected chi connectivity index (χ3v) is 4.44. The third kappa shape index (κ3) is 2.69. The van der Waals surface area contributed by atoms with E-state index in [1.807, 2.05) is 0 Å². The Hall–Kier alpha value is -3.73. The molecule has 0 fully saturated rings. The highest BCUT2D eigenvalue weighted by molar-refractivity contribution is 6.29. The minimum Gasteiger partial charge on any atom is -0.496 e. The number of methoxy groups -OCH3 is 1. The largest absolute Gasteiger partial charge is 0.496 e. The topological polar surface area (TPSA) is 69.7 Å². The van der Waals surface area contributed by atoms with Gasteiger partial charge in [-0.25, -0.2) is 4.79 Å². The molecule has 0 spiro atoms. The van der Waals surface area contributed by atoms with Gasteiger partial charge < -0.3 is 9.47 Å². The fourth-order valence-electron chi connectivity index (χ4n) is 3.17. The van der Waals surface area contributed by atoms with Crippen LogP contribution >= 0.6 is 0 Å². The molecule has 5 heteroatoms. The van der Waals surface area contributed by atoms with Gasteiger partial charge in [0.05, 0.1) is 12.7 Å². The van der Waals surface area contributed by atoms with Gasteiger partial charge in [-0.3, -0.25) is 9.59 Å². The van der Waals surface area contributed by atoms with Crippen LogP contribution in [0.2, 0.25) is 0 Å². The molecule has 3 aromatic rings. The van der Waals surface area contributed by atoms with Crippen LogP contribution in [-0.4, -0.2) is 24.6 Å². The molecule has 0 amide bonds. The Labute approximate surface area is 155 Å². The molecule has 0 aromatic heterocycles. The van der Waals surface area contributed by atoms with E-state index in [2.05, 4.69) is 0 Å². The van der Waals surface area contributed by atoms with Crippen molar-refractivity contribution in [3.8, 4) is 11.5 Å². The summed E-state index contributed by atoms with van der Waals surface area (Å²) >= 11 is 0. The quantitative estimate of drug-likeness (QED) is 0.413. The molecule has 1 aliphatic carbocycles. The van der Waals surface area contributed by atoms with Crippen LogP contribution in [0.25, 0.3) is 0 Å². The van der Waals surface area contributed by atoms with E-state index >= 15 is 0 Å². The lowest BCUT2D eigenvalue weighted by atomic mass is 9.83. The van der Waals surface area contributed by atoms with E-state index in [9.17, 15) is 14.4 Å². The van der Waals surface area contributed by atoms with Gasteiger partial charge in [0.1, 0.15) is 17.1 Å². The van der Waals surface area contributed by atoms with Gasteiger partial charge in [-0.15, -0.1) is 0 Å². The van der Waals surface area contributed by atoms with E-state index in [-0.39, 0.29) is 34.0 Å². The molecule has 4 rings (SSSR count). The first-order valence-electron chi connectivity index (χ1n) is 8.28. The van der Waals surface area contributed by atoms with Crippen molar-refractivity contribution in [1.82, 2.24) is 0 Å². The van der Waals surface area contributed by atoms with E-state index in [0.717, 1.165) is 0 Å². The Kier molecular flexibility index (Phi) is 4.05. The summed E-state index contributed by atoms with van der Waals surface area (Å²) in [6.45, 7) is 0. The minimum absolute atomic E-state index is 0.0521. The van der Waals surface area contributed by atoms with Crippen LogP contribution in [0, 0.1) is 0 Å². The average Bonchev–Trinajstić information content (AvgIpc) is 2.71. The second-order valence-corrected chi connectivity index (χ2v) is 5.97. The van der Waals surface area contributed by atoms with Crippen molar-refractivity contribution in [3.63, 3.8) is 0 Å². The standard InChI is InChI=1S/C22H14O5/c1-26-17-11-5-4-9-15(17)22(25)27-18-12-6-10-16-19(18)21(24)14-8-3-2-7-13(14)20(16)23/h2-12H,1H3. The monoisotopic (exact) mass is 358 g/mol. The maximum absolute atomic E-state index is 12.9. The first-order chi connectivity index (χ1) is 13.1. The average molecular weight is 358 g/mol. The first kappa shape index (κ1) is 16.7. The normalized spacial score (nSPS) is 12.2. The molecule has 0 N–H and O–H groups in total. The number of hydrogen-bond acceptors (Lipinski definition) is 5. The Balaban J connectivity index is 1.78. The van der Waals surface area contributed by atoms with E-state index < -0.39 is 5.97 Å². The molecular weight excluding hydrogens is 344 g/mol. The highest BCUT2D eigenvalue weighted by Crippen LogP contribution is 2.33. The van der Waals surface area contributed by atoms with Crippen molar-refractivity contribution in [2.24, 2.45) is 0 Å². The number of carbonyl (C=O) groups is 3. The Morgan fingerprint density at radius 2 is 1.30 bits per heavy atom. The van der Waals surface area contributed by atoms with Gasteiger partial charge in [0, 0.05) is 16.7 Å². The summed E-state index contributed by atoms with van der Waals surface area (Å²) in [4.78, 5) is 38.3. The molecule has 0 radical (unpaired) electrons. The first-order valence-corrected chi connectivity index (χ1v) is 8.28. The molecule has 0 unspecified atom stereocenters. The molecule has 27 heavy (non-hydrogen) atoms. The number of hydrogen-bond donors (Lipinski definition) is 0. The Morgan fingerprint density at radius 1 is 0.704 bits per heavy atom. The van der Waals surface area contributed by atoms with Gasteiger partial charge >= 0.3 is 5.97 Å². The summed E-state index contributed by atoms with van der Waals surface area (Å²) in [6.07, 6.45) is 0. The van der Waals surface area contributed by atoms with Crippen molar-refractivity contribution in [1.29, 1.82) is 0 Å². The molecule has 0 heterocycles. The van der Waals surface area contributed by atoms with Gasteiger partial charge in [0.25, 0.3) is 0 Å². The predicted octanol–water partition coefficient (Wildman–Crippen LogP) is 3.69. The smallest absolute Gasteiger partial charge is 0.347 e. The number of carbonyl (C=O) groups excluding carboxylic acids is 3. The summed E-state index contributed by atoms with van der Waals surface area (Å²) in [5.41, 5.74) is 1.21. The number of benzene rings is 3. The maximum atomic E-state index is 12.9. The summed E-state index contributed by atoms with van der Waals surface area (Å²) in [5.74, 6) is -0.865. The van der Waals surface area contributed by atoms with Crippen molar-refractivity contribution >= 4 is 17.5 Å². The van der Waals surface area contributed by atoms with Crippen molar-refractivity contribution in [2.75, 3.05) is 7.11 Å². The molecule has 0 saturated carbocycles. The van der Waals surface area contributed by atoms with Crippen LogP contribution in [0.15, 0.2) is 66.7 Å². The van der Waals surface area contributed by atoms with Gasteiger partial charge in [-0.1, -0.05) is 48.5 Å². The molecule has 132 valence electrons. The SMILES string of the molecule is COc1ccccc1C(=O)Oc1cccc2c1C(=O)c1ccccc1C2=O. The zero-order valence-corrected chi connectivity index (χ0v) is 14.4.